The molecule has 0 N–H and O–H groups in total. The highest BCUT2D eigenvalue weighted by atomic mass is 35.5. The predicted molar refractivity (Wildman–Crippen MR) is 30.3 cm³/mol. The van der Waals surface area contributed by atoms with Gasteiger partial charge in [-0.3, -0.25) is 0 Å². The molecule has 0 bridgehead atoms. The molecule has 0 spiro atoms. The molecule has 1 unspecified atom stereocenters. The van der Waals surface area contributed by atoms with Crippen molar-refractivity contribution < 1.29 is 0 Å². The SMILES string of the molecule is CC(Cl)[C](Cl)Cl. The molecular formula is C3H4Cl3. The Morgan fingerprint density at radius 1 is 1.50 bits per heavy atom. The summed E-state index contributed by atoms with van der Waals surface area (Å²) in [5.74, 6) is 0. The van der Waals surface area contributed by atoms with Crippen LogP contribution in [-0.2, 0) is 0 Å². The lowest BCUT2D eigenvalue weighted by Gasteiger charge is -1.95. The van der Waals surface area contributed by atoms with Crippen LogP contribution >= 0.6 is 34.8 Å². The largest absolute Gasteiger partial charge is 0.168 e. The number of alkyl halides is 1. The van der Waals surface area contributed by atoms with Gasteiger partial charge in [-0.15, -0.1) is 11.6 Å². The van der Waals surface area contributed by atoms with Gasteiger partial charge >= 0.3 is 0 Å². The van der Waals surface area contributed by atoms with E-state index in [1.807, 2.05) is 0 Å². The first kappa shape index (κ1) is 6.87. The van der Waals surface area contributed by atoms with Crippen molar-refractivity contribution in [2.45, 2.75) is 12.3 Å². The summed E-state index contributed by atoms with van der Waals surface area (Å²) in [7, 11) is 0. The Morgan fingerprint density at radius 3 is 1.67 bits per heavy atom. The third kappa shape index (κ3) is 3.08. The van der Waals surface area contributed by atoms with Crippen LogP contribution in [0.3, 0.4) is 0 Å². The Balaban J connectivity index is 2.99. The Kier molecular flexibility index (Phi) is 3.38. The summed E-state index contributed by atoms with van der Waals surface area (Å²) in [5.41, 5.74) is 0. The Bertz CT molecular complexity index is 27.0. The minimum absolute atomic E-state index is 0.219. The molecule has 0 rings (SSSR count). The first-order valence-corrected chi connectivity index (χ1v) is 2.65. The van der Waals surface area contributed by atoms with Gasteiger partial charge in [-0.05, 0) is 6.92 Å². The van der Waals surface area contributed by atoms with Gasteiger partial charge in [0.1, 0.15) is 0 Å². The van der Waals surface area contributed by atoms with Gasteiger partial charge in [-0.1, -0.05) is 23.2 Å². The molecule has 0 fully saturated rings. The summed E-state index contributed by atoms with van der Waals surface area (Å²) in [6, 6.07) is 0. The maximum atomic E-state index is 5.31. The quantitative estimate of drug-likeness (QED) is 0.499. The van der Waals surface area contributed by atoms with Crippen LogP contribution in [0.15, 0.2) is 0 Å². The number of rotatable bonds is 1. The summed E-state index contributed by atoms with van der Waals surface area (Å²) in [4.78, 5) is 0.219. The second-order valence-electron chi connectivity index (χ2n) is 0.906. The fourth-order valence-electron chi connectivity index (χ4n) is 0. The van der Waals surface area contributed by atoms with Crippen LogP contribution in [0, 0.1) is 4.84 Å². The summed E-state index contributed by atoms with van der Waals surface area (Å²) in [6.45, 7) is 1.71. The first-order chi connectivity index (χ1) is 2.64. The fraction of sp³-hybridized carbons (Fsp3) is 0.667. The molecule has 0 nitrogen and oxygen atoms in total. The van der Waals surface area contributed by atoms with Crippen molar-refractivity contribution in [1.82, 2.24) is 0 Å². The van der Waals surface area contributed by atoms with Crippen LogP contribution in [0.2, 0.25) is 0 Å². The first-order valence-electron chi connectivity index (χ1n) is 1.46. The summed E-state index contributed by atoms with van der Waals surface area (Å²) in [6.07, 6.45) is 0. The Morgan fingerprint density at radius 2 is 1.67 bits per heavy atom. The van der Waals surface area contributed by atoms with Gasteiger partial charge in [-0.2, -0.15) is 0 Å². The van der Waals surface area contributed by atoms with Gasteiger partial charge in [0.25, 0.3) is 0 Å². The molecule has 0 heterocycles. The average Bonchev–Trinajstić information content (AvgIpc) is 1.36. The highest BCUT2D eigenvalue weighted by Crippen LogP contribution is 2.20. The molecule has 0 saturated carbocycles. The van der Waals surface area contributed by atoms with Crippen LogP contribution in [0.1, 0.15) is 6.92 Å². The average molecular weight is 146 g/mol. The van der Waals surface area contributed by atoms with E-state index in [4.69, 9.17) is 34.8 Å². The maximum Gasteiger partial charge on any atom is 0.168 e. The molecule has 0 saturated heterocycles. The van der Waals surface area contributed by atoms with E-state index in [2.05, 4.69) is 0 Å². The van der Waals surface area contributed by atoms with E-state index in [-0.39, 0.29) is 10.2 Å². The summed E-state index contributed by atoms with van der Waals surface area (Å²) in [5, 5.41) is -0.228. The molecule has 0 aromatic heterocycles. The van der Waals surface area contributed by atoms with E-state index in [9.17, 15) is 0 Å². The zero-order chi connectivity index (χ0) is 5.15. The highest BCUT2D eigenvalue weighted by Gasteiger charge is 2.05. The van der Waals surface area contributed by atoms with E-state index >= 15 is 0 Å². The van der Waals surface area contributed by atoms with Crippen molar-refractivity contribution in [2.75, 3.05) is 0 Å². The van der Waals surface area contributed by atoms with E-state index in [1.165, 1.54) is 0 Å². The Hall–Kier alpha value is 0.870. The molecule has 6 heavy (non-hydrogen) atoms. The van der Waals surface area contributed by atoms with Crippen LogP contribution in [0.5, 0.6) is 0 Å². The normalized spacial score (nSPS) is 15.5. The van der Waals surface area contributed by atoms with Crippen molar-refractivity contribution in [3.8, 4) is 0 Å². The zero-order valence-electron chi connectivity index (χ0n) is 3.21. The van der Waals surface area contributed by atoms with Crippen LogP contribution < -0.4 is 0 Å². The van der Waals surface area contributed by atoms with Crippen LogP contribution in [-0.4, -0.2) is 5.38 Å². The molecule has 3 heteroatoms. The molecule has 1 atom stereocenters. The van der Waals surface area contributed by atoms with E-state index in [0.717, 1.165) is 0 Å². The fourth-order valence-corrected chi connectivity index (χ4v) is 0. The smallest absolute Gasteiger partial charge is 0.120 e. The molecule has 0 amide bonds. The topological polar surface area (TPSA) is 0 Å². The van der Waals surface area contributed by atoms with Crippen molar-refractivity contribution in [1.29, 1.82) is 0 Å². The molecule has 37 valence electrons. The molecule has 0 aliphatic heterocycles. The van der Waals surface area contributed by atoms with Crippen LogP contribution in [0.25, 0.3) is 0 Å². The van der Waals surface area contributed by atoms with Gasteiger partial charge in [-0.25, -0.2) is 0 Å². The van der Waals surface area contributed by atoms with Crippen molar-refractivity contribution >= 4 is 34.8 Å². The molecule has 0 aromatic rings. The van der Waals surface area contributed by atoms with Gasteiger partial charge < -0.3 is 0 Å². The monoisotopic (exact) mass is 145 g/mol. The van der Waals surface area contributed by atoms with Gasteiger partial charge in [0, 0.05) is 0 Å². The van der Waals surface area contributed by atoms with Gasteiger partial charge in [0.05, 0.1) is 5.38 Å². The second kappa shape index (κ2) is 2.95. The predicted octanol–water partition coefficient (Wildman–Crippen LogP) is 2.58. The lowest BCUT2D eigenvalue weighted by molar-refractivity contribution is 1.17. The number of hydrogen-bond acceptors (Lipinski definition) is 0. The molecule has 1 radical (unpaired) electrons. The standard InChI is InChI=1S/C3H4Cl3/c1-2(4)3(5)6/h2H,1H3. The third-order valence-electron chi connectivity index (χ3n) is 0.301. The van der Waals surface area contributed by atoms with Crippen molar-refractivity contribution in [3.63, 3.8) is 0 Å². The molecule has 0 aliphatic carbocycles. The Labute approximate surface area is 52.4 Å². The van der Waals surface area contributed by atoms with Crippen LogP contribution in [0.4, 0.5) is 0 Å². The number of halogens is 3. The highest BCUT2D eigenvalue weighted by molar-refractivity contribution is 6.56. The van der Waals surface area contributed by atoms with Crippen molar-refractivity contribution in [3.05, 3.63) is 4.84 Å². The third-order valence-corrected chi connectivity index (χ3v) is 1.40. The molecular weight excluding hydrogens is 142 g/mol. The maximum absolute atomic E-state index is 5.31. The van der Waals surface area contributed by atoms with Gasteiger partial charge in [0.2, 0.25) is 0 Å². The lowest BCUT2D eigenvalue weighted by atomic mass is 10.6. The zero-order valence-corrected chi connectivity index (χ0v) is 5.48. The minimum atomic E-state index is -0.228. The van der Waals surface area contributed by atoms with E-state index in [1.54, 1.807) is 6.92 Å². The molecule has 0 aromatic carbocycles. The van der Waals surface area contributed by atoms with Gasteiger partial charge in [0.15, 0.2) is 4.84 Å². The summed E-state index contributed by atoms with van der Waals surface area (Å²) < 4.78 is 0. The van der Waals surface area contributed by atoms with E-state index < -0.39 is 0 Å². The second-order valence-corrected chi connectivity index (χ2v) is 2.57. The minimum Gasteiger partial charge on any atom is -0.120 e. The number of hydrogen-bond donors (Lipinski definition) is 0. The summed E-state index contributed by atoms with van der Waals surface area (Å²) >= 11 is 15.6. The lowest BCUT2D eigenvalue weighted by Crippen LogP contribution is -1.90. The van der Waals surface area contributed by atoms with Crippen molar-refractivity contribution in [2.24, 2.45) is 0 Å². The van der Waals surface area contributed by atoms with E-state index in [0.29, 0.717) is 0 Å². The molecule has 0 aliphatic rings.